The van der Waals surface area contributed by atoms with E-state index in [0.717, 1.165) is 23.7 Å². The molecule has 0 aliphatic rings. The van der Waals surface area contributed by atoms with Crippen LogP contribution in [-0.4, -0.2) is 37.3 Å². The molecular weight excluding hydrogens is 477 g/mol. The summed E-state index contributed by atoms with van der Waals surface area (Å²) in [6.45, 7) is 0.203. The largest absolute Gasteiger partial charge is 0.573 e. The Balaban J connectivity index is 2.06. The van der Waals surface area contributed by atoms with Crippen LogP contribution in [0.3, 0.4) is 0 Å². The Morgan fingerprint density at radius 3 is 2.61 bits per heavy atom. The van der Waals surface area contributed by atoms with Gasteiger partial charge < -0.3 is 9.30 Å². The number of benzene rings is 2. The van der Waals surface area contributed by atoms with Crippen LogP contribution in [0, 0.1) is 0 Å². The Morgan fingerprint density at radius 2 is 1.97 bits per heavy atom. The highest BCUT2D eigenvalue weighted by Gasteiger charge is 2.31. The molecule has 0 N–H and O–H groups in total. The SMILES string of the molecule is CS(=O)(=O)CCCn1/c(=N/C(=O)c2cccc(Cl)c2)sc2cc(OC(F)(F)F)ccc21. The molecule has 2 aromatic carbocycles. The molecular formula is C19H16ClF3N2O4S2. The number of hydrogen-bond donors (Lipinski definition) is 0. The maximum absolute atomic E-state index is 12.6. The highest BCUT2D eigenvalue weighted by atomic mass is 35.5. The number of fused-ring (bicyclic) bond motifs is 1. The highest BCUT2D eigenvalue weighted by Crippen LogP contribution is 2.28. The molecule has 31 heavy (non-hydrogen) atoms. The minimum absolute atomic E-state index is 0.0890. The number of carbonyl (C=O) groups excluding carboxylic acids is 1. The maximum atomic E-state index is 12.6. The van der Waals surface area contributed by atoms with Crippen molar-refractivity contribution in [3.63, 3.8) is 0 Å². The minimum Gasteiger partial charge on any atom is -0.406 e. The van der Waals surface area contributed by atoms with Crippen LogP contribution in [0.15, 0.2) is 47.5 Å². The number of halogens is 4. The Kier molecular flexibility index (Phi) is 6.77. The van der Waals surface area contributed by atoms with Gasteiger partial charge in [0.05, 0.1) is 16.0 Å². The predicted octanol–water partition coefficient (Wildman–Crippen LogP) is 4.43. The molecule has 0 saturated carbocycles. The number of amides is 1. The average Bonchev–Trinajstić information content (AvgIpc) is 2.96. The molecule has 1 aromatic heterocycles. The van der Waals surface area contributed by atoms with Crippen LogP contribution < -0.4 is 9.54 Å². The van der Waals surface area contributed by atoms with E-state index in [9.17, 15) is 26.4 Å². The van der Waals surface area contributed by atoms with Gasteiger partial charge in [0.1, 0.15) is 15.6 Å². The van der Waals surface area contributed by atoms with Crippen molar-refractivity contribution in [2.45, 2.75) is 19.3 Å². The van der Waals surface area contributed by atoms with E-state index in [-0.39, 0.29) is 29.1 Å². The first kappa shape index (κ1) is 23.3. The summed E-state index contributed by atoms with van der Waals surface area (Å²) in [7, 11) is -3.21. The summed E-state index contributed by atoms with van der Waals surface area (Å²) in [5.41, 5.74) is 0.749. The van der Waals surface area contributed by atoms with Gasteiger partial charge in [-0.3, -0.25) is 4.79 Å². The lowest BCUT2D eigenvalue weighted by molar-refractivity contribution is -0.274. The number of rotatable bonds is 6. The zero-order chi connectivity index (χ0) is 22.8. The average molecular weight is 493 g/mol. The number of hydrogen-bond acceptors (Lipinski definition) is 5. The van der Waals surface area contributed by atoms with Crippen LogP contribution in [0.5, 0.6) is 5.75 Å². The van der Waals surface area contributed by atoms with Crippen molar-refractivity contribution in [2.24, 2.45) is 4.99 Å². The zero-order valence-electron chi connectivity index (χ0n) is 16.0. The molecule has 0 unspecified atom stereocenters. The molecule has 166 valence electrons. The van der Waals surface area contributed by atoms with Crippen LogP contribution >= 0.6 is 22.9 Å². The standard InChI is InChI=1S/C19H16ClF3N2O4S2/c1-31(27,28)9-3-8-25-15-7-6-14(29-19(21,22)23)11-16(15)30-18(25)24-17(26)12-4-2-5-13(20)10-12/h2,4-7,10-11H,3,8-9H2,1H3/b24-18-. The van der Waals surface area contributed by atoms with Gasteiger partial charge in [0, 0.05) is 23.4 Å². The summed E-state index contributed by atoms with van der Waals surface area (Å²) in [5, 5.41) is 0.354. The van der Waals surface area contributed by atoms with Gasteiger partial charge in [-0.1, -0.05) is 29.0 Å². The summed E-state index contributed by atoms with van der Waals surface area (Å²) in [5.74, 6) is -1.08. The van der Waals surface area contributed by atoms with Gasteiger partial charge >= 0.3 is 6.36 Å². The van der Waals surface area contributed by atoms with E-state index in [1.54, 1.807) is 16.7 Å². The highest BCUT2D eigenvalue weighted by molar-refractivity contribution is 7.90. The molecule has 0 atom stereocenters. The number of thiazole rings is 1. The summed E-state index contributed by atoms with van der Waals surface area (Å²) >= 11 is 6.90. The van der Waals surface area contributed by atoms with Crippen molar-refractivity contribution in [3.05, 3.63) is 57.9 Å². The van der Waals surface area contributed by atoms with Crippen molar-refractivity contribution in [2.75, 3.05) is 12.0 Å². The summed E-state index contributed by atoms with van der Waals surface area (Å²) in [6, 6.07) is 9.94. The molecule has 0 spiro atoms. The summed E-state index contributed by atoms with van der Waals surface area (Å²) < 4.78 is 66.5. The number of ether oxygens (including phenoxy) is 1. The van der Waals surface area contributed by atoms with E-state index in [4.69, 9.17) is 11.6 Å². The van der Waals surface area contributed by atoms with E-state index in [2.05, 4.69) is 9.73 Å². The van der Waals surface area contributed by atoms with Gasteiger partial charge in [-0.25, -0.2) is 8.42 Å². The topological polar surface area (TPSA) is 77.7 Å². The van der Waals surface area contributed by atoms with E-state index < -0.39 is 27.9 Å². The molecule has 3 aromatic rings. The van der Waals surface area contributed by atoms with Crippen LogP contribution in [0.25, 0.3) is 10.2 Å². The van der Waals surface area contributed by atoms with Crippen LogP contribution in [0.2, 0.25) is 5.02 Å². The Hall–Kier alpha value is -2.37. The quantitative estimate of drug-likeness (QED) is 0.510. The van der Waals surface area contributed by atoms with Crippen LogP contribution in [0.1, 0.15) is 16.8 Å². The molecule has 0 aliphatic carbocycles. The molecule has 0 saturated heterocycles. The fourth-order valence-corrected chi connectivity index (χ4v) is 4.74. The van der Waals surface area contributed by atoms with Crippen LogP contribution in [-0.2, 0) is 16.4 Å². The smallest absolute Gasteiger partial charge is 0.406 e. The lowest BCUT2D eigenvalue weighted by Crippen LogP contribution is -2.19. The first-order chi connectivity index (χ1) is 14.4. The molecule has 1 heterocycles. The second-order valence-corrected chi connectivity index (χ2v) is 10.3. The molecule has 0 aliphatic heterocycles. The van der Waals surface area contributed by atoms with Crippen molar-refractivity contribution in [1.82, 2.24) is 4.57 Å². The number of aryl methyl sites for hydroxylation is 1. The number of sulfone groups is 1. The second-order valence-electron chi connectivity index (χ2n) is 6.62. The molecule has 12 heteroatoms. The minimum atomic E-state index is -4.84. The van der Waals surface area contributed by atoms with E-state index in [0.29, 0.717) is 15.2 Å². The predicted molar refractivity (Wildman–Crippen MR) is 112 cm³/mol. The van der Waals surface area contributed by atoms with Gasteiger partial charge in [0.2, 0.25) is 0 Å². The second kappa shape index (κ2) is 9.01. The van der Waals surface area contributed by atoms with Gasteiger partial charge in [-0.15, -0.1) is 13.2 Å². The van der Waals surface area contributed by atoms with E-state index in [1.165, 1.54) is 24.3 Å². The molecule has 0 radical (unpaired) electrons. The third-order valence-corrected chi connectivity index (χ3v) is 6.36. The molecule has 1 amide bonds. The lowest BCUT2D eigenvalue weighted by Gasteiger charge is -2.09. The van der Waals surface area contributed by atoms with E-state index >= 15 is 0 Å². The molecule has 0 fully saturated rings. The van der Waals surface area contributed by atoms with E-state index in [1.807, 2.05) is 0 Å². The number of alkyl halides is 3. The Bertz CT molecular complexity index is 1300. The monoisotopic (exact) mass is 492 g/mol. The lowest BCUT2D eigenvalue weighted by atomic mass is 10.2. The molecule has 3 rings (SSSR count). The maximum Gasteiger partial charge on any atom is 0.573 e. The zero-order valence-corrected chi connectivity index (χ0v) is 18.4. The third-order valence-electron chi connectivity index (χ3n) is 4.05. The van der Waals surface area contributed by atoms with Gasteiger partial charge in [0.25, 0.3) is 5.91 Å². The fraction of sp³-hybridized carbons (Fsp3) is 0.263. The molecule has 6 nitrogen and oxygen atoms in total. The Morgan fingerprint density at radius 1 is 1.23 bits per heavy atom. The van der Waals surface area contributed by atoms with Crippen molar-refractivity contribution in [3.8, 4) is 5.75 Å². The molecule has 0 bridgehead atoms. The number of aromatic nitrogens is 1. The Labute approximate surface area is 184 Å². The van der Waals surface area contributed by atoms with Crippen molar-refractivity contribution in [1.29, 1.82) is 0 Å². The fourth-order valence-electron chi connectivity index (χ4n) is 2.81. The van der Waals surface area contributed by atoms with Gasteiger partial charge in [-0.2, -0.15) is 4.99 Å². The van der Waals surface area contributed by atoms with Gasteiger partial charge in [0.15, 0.2) is 4.80 Å². The van der Waals surface area contributed by atoms with Crippen molar-refractivity contribution < 1.29 is 31.1 Å². The normalized spacial score (nSPS) is 13.0. The summed E-state index contributed by atoms with van der Waals surface area (Å²) in [4.78, 5) is 16.9. The van der Waals surface area contributed by atoms with Gasteiger partial charge in [-0.05, 0) is 42.8 Å². The first-order valence-corrected chi connectivity index (χ1v) is 12.1. The number of carbonyl (C=O) groups is 1. The van der Waals surface area contributed by atoms with Crippen LogP contribution in [0.4, 0.5) is 13.2 Å². The third kappa shape index (κ3) is 6.55. The summed E-state index contributed by atoms with van der Waals surface area (Å²) in [6.07, 6.45) is -3.49. The van der Waals surface area contributed by atoms with Crippen molar-refractivity contribution >= 4 is 48.9 Å². The number of nitrogens with zero attached hydrogens (tertiary/aromatic N) is 2. The first-order valence-electron chi connectivity index (χ1n) is 8.83.